The minimum Gasteiger partial charge on any atom is -0.450 e. The lowest BCUT2D eigenvalue weighted by Gasteiger charge is -2.05. The topological polar surface area (TPSA) is 38.3 Å². The number of aryl methyl sites for hydroxylation is 1. The van der Waals surface area contributed by atoms with Gasteiger partial charge in [-0.2, -0.15) is 0 Å². The van der Waals surface area contributed by atoms with Crippen LogP contribution in [0, 0.1) is 0 Å². The largest absolute Gasteiger partial charge is 0.450 e. The van der Waals surface area contributed by atoms with Crippen molar-refractivity contribution in [3.05, 3.63) is 35.9 Å². The summed E-state index contributed by atoms with van der Waals surface area (Å²) in [7, 11) is 0. The van der Waals surface area contributed by atoms with Gasteiger partial charge in [0.25, 0.3) is 0 Å². The first-order valence-electron chi connectivity index (χ1n) is 12.8. The van der Waals surface area contributed by atoms with E-state index >= 15 is 0 Å². The van der Waals surface area contributed by atoms with Crippen molar-refractivity contribution in [1.29, 1.82) is 0 Å². The molecule has 0 radical (unpaired) electrons. The van der Waals surface area contributed by atoms with Crippen LogP contribution in [0.5, 0.6) is 0 Å². The number of carbonyl (C=O) groups is 1. The maximum atomic E-state index is 11.1. The summed E-state index contributed by atoms with van der Waals surface area (Å²) in [6.07, 6.45) is 22.7. The smallest absolute Gasteiger partial charge is 0.407 e. The number of hydrogen-bond acceptors (Lipinski definition) is 2. The van der Waals surface area contributed by atoms with Crippen molar-refractivity contribution in [3.8, 4) is 0 Å². The second kappa shape index (κ2) is 20.8. The predicted molar refractivity (Wildman–Crippen MR) is 129 cm³/mol. The summed E-state index contributed by atoms with van der Waals surface area (Å²) >= 11 is 0. The monoisotopic (exact) mass is 417 g/mol. The predicted octanol–water partition coefficient (Wildman–Crippen LogP) is 8.22. The van der Waals surface area contributed by atoms with E-state index in [0.717, 1.165) is 13.0 Å². The van der Waals surface area contributed by atoms with Gasteiger partial charge in [0.1, 0.15) is 0 Å². The van der Waals surface area contributed by atoms with Crippen LogP contribution in [0.2, 0.25) is 0 Å². The Bertz CT molecular complexity index is 489. The van der Waals surface area contributed by atoms with Gasteiger partial charge in [-0.15, -0.1) is 0 Å². The molecule has 1 amide bonds. The Hall–Kier alpha value is -1.51. The summed E-state index contributed by atoms with van der Waals surface area (Å²) in [6, 6.07) is 10.9. The highest BCUT2D eigenvalue weighted by molar-refractivity contribution is 5.66. The van der Waals surface area contributed by atoms with Gasteiger partial charge in [-0.3, -0.25) is 0 Å². The average molecular weight is 418 g/mol. The highest BCUT2D eigenvalue weighted by Gasteiger charge is 1.98. The fourth-order valence-corrected chi connectivity index (χ4v) is 3.95. The minimum absolute atomic E-state index is 0.281. The average Bonchev–Trinajstić information content (AvgIpc) is 2.76. The zero-order valence-electron chi connectivity index (χ0n) is 19.6. The number of rotatable bonds is 20. The molecule has 0 fully saturated rings. The van der Waals surface area contributed by atoms with Crippen molar-refractivity contribution in [3.63, 3.8) is 0 Å². The maximum absolute atomic E-state index is 11.1. The molecule has 1 N–H and O–H groups in total. The highest BCUT2D eigenvalue weighted by atomic mass is 16.5. The summed E-state index contributed by atoms with van der Waals surface area (Å²) in [5.74, 6) is 0. The quantitative estimate of drug-likeness (QED) is 0.217. The zero-order chi connectivity index (χ0) is 21.5. The third-order valence-electron chi connectivity index (χ3n) is 5.78. The van der Waals surface area contributed by atoms with Gasteiger partial charge in [0.2, 0.25) is 0 Å². The van der Waals surface area contributed by atoms with Crippen LogP contribution in [0.1, 0.15) is 115 Å². The molecule has 1 aromatic rings. The van der Waals surface area contributed by atoms with Gasteiger partial charge in [0.15, 0.2) is 0 Å². The van der Waals surface area contributed by atoms with Gasteiger partial charge in [-0.25, -0.2) is 4.79 Å². The highest BCUT2D eigenvalue weighted by Crippen LogP contribution is 2.14. The lowest BCUT2D eigenvalue weighted by molar-refractivity contribution is 0.152. The number of ether oxygens (including phenoxy) is 1. The molecule has 0 heterocycles. The van der Waals surface area contributed by atoms with Crippen molar-refractivity contribution < 1.29 is 9.53 Å². The zero-order valence-corrected chi connectivity index (χ0v) is 19.6. The van der Waals surface area contributed by atoms with Crippen LogP contribution in [-0.2, 0) is 11.2 Å². The molecule has 1 aromatic carbocycles. The molecular weight excluding hydrogens is 370 g/mol. The van der Waals surface area contributed by atoms with Crippen LogP contribution in [0.3, 0.4) is 0 Å². The molecule has 0 bridgehead atoms. The van der Waals surface area contributed by atoms with Crippen LogP contribution >= 0.6 is 0 Å². The van der Waals surface area contributed by atoms with E-state index in [4.69, 9.17) is 4.74 Å². The van der Waals surface area contributed by atoms with Gasteiger partial charge in [0.05, 0.1) is 6.61 Å². The molecule has 0 saturated carbocycles. The Kier molecular flexibility index (Phi) is 18.3. The molecule has 0 aliphatic rings. The molecule has 0 aromatic heterocycles. The summed E-state index contributed by atoms with van der Waals surface area (Å²) in [4.78, 5) is 11.1. The van der Waals surface area contributed by atoms with Gasteiger partial charge < -0.3 is 10.1 Å². The minimum atomic E-state index is -0.281. The van der Waals surface area contributed by atoms with E-state index in [1.54, 1.807) is 0 Å². The number of carbonyl (C=O) groups excluding carboxylic acids is 1. The summed E-state index contributed by atoms with van der Waals surface area (Å²) in [5.41, 5.74) is 1.49. The third-order valence-corrected chi connectivity index (χ3v) is 5.78. The van der Waals surface area contributed by atoms with Crippen LogP contribution < -0.4 is 5.32 Å². The fraction of sp³-hybridized carbons (Fsp3) is 0.741. The van der Waals surface area contributed by atoms with E-state index in [2.05, 4.69) is 35.6 Å². The first-order valence-corrected chi connectivity index (χ1v) is 12.8. The van der Waals surface area contributed by atoms with E-state index in [9.17, 15) is 4.79 Å². The molecule has 0 aliphatic heterocycles. The Morgan fingerprint density at radius 1 is 0.667 bits per heavy atom. The van der Waals surface area contributed by atoms with E-state index in [1.807, 2.05) is 6.92 Å². The Morgan fingerprint density at radius 3 is 1.57 bits per heavy atom. The van der Waals surface area contributed by atoms with Gasteiger partial charge in [-0.05, 0) is 31.7 Å². The van der Waals surface area contributed by atoms with Crippen molar-refractivity contribution in [2.75, 3.05) is 13.2 Å². The summed E-state index contributed by atoms with van der Waals surface area (Å²) < 4.78 is 4.84. The molecule has 1 rings (SSSR count). The van der Waals surface area contributed by atoms with Crippen LogP contribution in [0.25, 0.3) is 0 Å². The number of unbranched alkanes of at least 4 members (excludes halogenated alkanes) is 15. The van der Waals surface area contributed by atoms with Gasteiger partial charge in [0, 0.05) is 6.54 Å². The Labute approximate surface area is 186 Å². The first-order chi connectivity index (χ1) is 14.8. The molecule has 0 atom stereocenters. The van der Waals surface area contributed by atoms with Crippen LogP contribution in [0.15, 0.2) is 30.3 Å². The molecule has 30 heavy (non-hydrogen) atoms. The van der Waals surface area contributed by atoms with Crippen LogP contribution in [-0.4, -0.2) is 19.2 Å². The van der Waals surface area contributed by atoms with Crippen LogP contribution in [0.4, 0.5) is 4.79 Å². The standard InChI is InChI=1S/C27H47NO2/c1-2-30-27(29)28-25-21-16-14-12-10-8-6-4-3-5-7-9-11-13-15-18-22-26-23-19-17-20-24-26/h17,19-20,23-24H,2-16,18,21-22,25H2,1H3,(H,28,29). The fourth-order valence-electron chi connectivity index (χ4n) is 3.95. The van der Waals surface area contributed by atoms with Gasteiger partial charge >= 0.3 is 6.09 Å². The SMILES string of the molecule is CCOC(=O)NCCCCCCCCCCCCCCCCCCc1ccccc1. The van der Waals surface area contributed by atoms with Crippen molar-refractivity contribution in [2.45, 2.75) is 116 Å². The number of hydrogen-bond donors (Lipinski definition) is 1. The Balaban J connectivity index is 1.68. The second-order valence-corrected chi connectivity index (χ2v) is 8.54. The molecular formula is C27H47NO2. The summed E-state index contributed by atoms with van der Waals surface area (Å²) in [6.45, 7) is 3.02. The number of amides is 1. The molecule has 0 spiro atoms. The lowest BCUT2D eigenvalue weighted by Crippen LogP contribution is -2.25. The summed E-state index contributed by atoms with van der Waals surface area (Å²) in [5, 5.41) is 2.78. The number of nitrogens with one attached hydrogen (secondary N) is 1. The molecule has 3 heteroatoms. The van der Waals surface area contributed by atoms with Crippen molar-refractivity contribution in [1.82, 2.24) is 5.32 Å². The van der Waals surface area contributed by atoms with E-state index in [0.29, 0.717) is 6.61 Å². The molecule has 3 nitrogen and oxygen atoms in total. The molecule has 172 valence electrons. The number of alkyl carbamates (subject to hydrolysis) is 1. The van der Waals surface area contributed by atoms with Crippen molar-refractivity contribution >= 4 is 6.09 Å². The van der Waals surface area contributed by atoms with Gasteiger partial charge in [-0.1, -0.05) is 120 Å². The van der Waals surface area contributed by atoms with E-state index in [-0.39, 0.29) is 6.09 Å². The maximum Gasteiger partial charge on any atom is 0.407 e. The molecule has 0 aliphatic carbocycles. The lowest BCUT2D eigenvalue weighted by atomic mass is 10.0. The van der Waals surface area contributed by atoms with Crippen molar-refractivity contribution in [2.24, 2.45) is 0 Å². The van der Waals surface area contributed by atoms with E-state index < -0.39 is 0 Å². The Morgan fingerprint density at radius 2 is 1.10 bits per heavy atom. The van der Waals surface area contributed by atoms with E-state index in [1.165, 1.54) is 108 Å². The molecule has 0 saturated heterocycles. The second-order valence-electron chi connectivity index (χ2n) is 8.54. The number of benzene rings is 1. The molecule has 0 unspecified atom stereocenters. The normalized spacial score (nSPS) is 10.8. The third kappa shape index (κ3) is 17.4. The first kappa shape index (κ1) is 26.5.